The van der Waals surface area contributed by atoms with Gasteiger partial charge in [-0.3, -0.25) is 14.8 Å². The Hall–Kier alpha value is -3.92. The van der Waals surface area contributed by atoms with E-state index < -0.39 is 5.60 Å². The first-order valence-corrected chi connectivity index (χ1v) is 12.9. The average Bonchev–Trinajstić information content (AvgIpc) is 3.44. The standard InChI is InChI=1S/C28H33FN6O3/c1-28(2,3)38-27(37)34-16-14-33(15-17-34)18-24-21(13-10-19-8-11-20(29)12-9-19)25(36)35(32-24)26-30-22-6-4-5-7-23(22)31-26/h4-9,11-12,32H,10,13-18H2,1-3H3,(H,30,31). The highest BCUT2D eigenvalue weighted by molar-refractivity contribution is 5.75. The van der Waals surface area contributed by atoms with Gasteiger partial charge in [-0.05, 0) is 63.4 Å². The molecular weight excluding hydrogens is 487 g/mol. The van der Waals surface area contributed by atoms with E-state index in [0.717, 1.165) is 22.3 Å². The minimum absolute atomic E-state index is 0.159. The highest BCUT2D eigenvalue weighted by Crippen LogP contribution is 2.17. The zero-order chi connectivity index (χ0) is 26.9. The summed E-state index contributed by atoms with van der Waals surface area (Å²) in [5.41, 5.74) is 3.36. The van der Waals surface area contributed by atoms with Crippen molar-refractivity contribution in [2.45, 2.75) is 45.8 Å². The number of halogens is 1. The van der Waals surface area contributed by atoms with Crippen LogP contribution >= 0.6 is 0 Å². The Bertz CT molecular complexity index is 1440. The lowest BCUT2D eigenvalue weighted by Crippen LogP contribution is -2.49. The van der Waals surface area contributed by atoms with Crippen molar-refractivity contribution in [3.8, 4) is 5.95 Å². The molecule has 1 saturated heterocycles. The van der Waals surface area contributed by atoms with Gasteiger partial charge >= 0.3 is 6.09 Å². The number of carbonyl (C=O) groups excluding carboxylic acids is 1. The smallest absolute Gasteiger partial charge is 0.410 e. The van der Waals surface area contributed by atoms with Gasteiger partial charge in [-0.2, -0.15) is 4.68 Å². The predicted octanol–water partition coefficient (Wildman–Crippen LogP) is 4.02. The zero-order valence-electron chi connectivity index (χ0n) is 22.0. The van der Waals surface area contributed by atoms with E-state index in [1.54, 1.807) is 17.0 Å². The summed E-state index contributed by atoms with van der Waals surface area (Å²) in [7, 11) is 0. The Morgan fingerprint density at radius 2 is 1.74 bits per heavy atom. The number of hydrogen-bond donors (Lipinski definition) is 2. The molecule has 2 N–H and O–H groups in total. The van der Waals surface area contributed by atoms with Crippen LogP contribution in [0.15, 0.2) is 53.3 Å². The number of aromatic nitrogens is 4. The fourth-order valence-corrected chi connectivity index (χ4v) is 4.66. The van der Waals surface area contributed by atoms with Gasteiger partial charge in [0.15, 0.2) is 0 Å². The highest BCUT2D eigenvalue weighted by atomic mass is 19.1. The van der Waals surface area contributed by atoms with Gasteiger partial charge in [-0.15, -0.1) is 0 Å². The molecule has 4 aromatic rings. The Labute approximate surface area is 220 Å². The van der Waals surface area contributed by atoms with E-state index in [4.69, 9.17) is 4.74 Å². The van der Waals surface area contributed by atoms with Crippen LogP contribution in [0.4, 0.5) is 9.18 Å². The highest BCUT2D eigenvalue weighted by Gasteiger charge is 2.27. The molecule has 0 radical (unpaired) electrons. The summed E-state index contributed by atoms with van der Waals surface area (Å²) >= 11 is 0. The van der Waals surface area contributed by atoms with Gasteiger partial charge in [0, 0.05) is 38.3 Å². The number of ether oxygens (including phenoxy) is 1. The number of H-pyrrole nitrogens is 2. The lowest BCUT2D eigenvalue weighted by Gasteiger charge is -2.35. The molecule has 5 rings (SSSR count). The largest absolute Gasteiger partial charge is 0.444 e. The Balaban J connectivity index is 1.36. The number of aromatic amines is 2. The van der Waals surface area contributed by atoms with Crippen molar-refractivity contribution in [3.63, 3.8) is 0 Å². The molecule has 1 aliphatic heterocycles. The van der Waals surface area contributed by atoms with Crippen LogP contribution in [0, 0.1) is 5.82 Å². The Morgan fingerprint density at radius 3 is 2.42 bits per heavy atom. The van der Waals surface area contributed by atoms with Crippen LogP contribution in [0.25, 0.3) is 17.0 Å². The summed E-state index contributed by atoms with van der Waals surface area (Å²) in [5, 5.41) is 3.29. The van der Waals surface area contributed by atoms with Crippen molar-refractivity contribution in [2.75, 3.05) is 26.2 Å². The first kappa shape index (κ1) is 25.7. The van der Waals surface area contributed by atoms with Gasteiger partial charge in [-0.1, -0.05) is 24.3 Å². The second-order valence-electron chi connectivity index (χ2n) is 10.7. The Kier molecular flexibility index (Phi) is 7.07. The molecule has 1 amide bonds. The third kappa shape index (κ3) is 5.80. The van der Waals surface area contributed by atoms with Crippen molar-refractivity contribution in [1.82, 2.24) is 29.5 Å². The number of nitrogens with zero attached hydrogens (tertiary/aromatic N) is 4. The molecule has 0 spiro atoms. The average molecular weight is 521 g/mol. The maximum Gasteiger partial charge on any atom is 0.410 e. The molecule has 38 heavy (non-hydrogen) atoms. The molecule has 2 aromatic carbocycles. The van der Waals surface area contributed by atoms with Crippen molar-refractivity contribution in [3.05, 3.63) is 81.5 Å². The monoisotopic (exact) mass is 520 g/mol. The molecule has 2 aromatic heterocycles. The van der Waals surface area contributed by atoms with E-state index in [1.165, 1.54) is 16.8 Å². The normalized spacial score (nSPS) is 14.8. The van der Waals surface area contributed by atoms with Crippen LogP contribution in [0.1, 0.15) is 37.6 Å². The quantitative estimate of drug-likeness (QED) is 0.400. The van der Waals surface area contributed by atoms with Gasteiger partial charge in [0.1, 0.15) is 11.4 Å². The van der Waals surface area contributed by atoms with E-state index in [1.807, 2.05) is 45.0 Å². The van der Waals surface area contributed by atoms with E-state index in [-0.39, 0.29) is 17.5 Å². The van der Waals surface area contributed by atoms with Crippen molar-refractivity contribution >= 4 is 17.1 Å². The van der Waals surface area contributed by atoms with Crippen LogP contribution in [0.2, 0.25) is 0 Å². The molecule has 200 valence electrons. The Morgan fingerprint density at radius 1 is 1.03 bits per heavy atom. The summed E-state index contributed by atoms with van der Waals surface area (Å²) in [6, 6.07) is 14.0. The van der Waals surface area contributed by atoms with E-state index in [0.29, 0.717) is 57.1 Å². The lowest BCUT2D eigenvalue weighted by atomic mass is 10.0. The number of benzene rings is 2. The van der Waals surface area contributed by atoms with Gasteiger partial charge < -0.3 is 14.6 Å². The van der Waals surface area contributed by atoms with Crippen LogP contribution in [0.3, 0.4) is 0 Å². The van der Waals surface area contributed by atoms with Gasteiger partial charge in [0.05, 0.1) is 16.7 Å². The van der Waals surface area contributed by atoms with Crippen LogP contribution in [-0.4, -0.2) is 67.4 Å². The zero-order valence-corrected chi connectivity index (χ0v) is 22.0. The number of rotatable bonds is 6. The predicted molar refractivity (Wildman–Crippen MR) is 143 cm³/mol. The minimum atomic E-state index is -0.535. The minimum Gasteiger partial charge on any atom is -0.444 e. The van der Waals surface area contributed by atoms with E-state index >= 15 is 0 Å². The number of amides is 1. The second-order valence-corrected chi connectivity index (χ2v) is 10.7. The van der Waals surface area contributed by atoms with Crippen LogP contribution < -0.4 is 5.56 Å². The topological polar surface area (TPSA) is 99.2 Å². The number of piperazine rings is 1. The number of aryl methyl sites for hydroxylation is 1. The summed E-state index contributed by atoms with van der Waals surface area (Å²) in [4.78, 5) is 37.8. The first-order chi connectivity index (χ1) is 18.2. The summed E-state index contributed by atoms with van der Waals surface area (Å²) in [6.45, 7) is 8.53. The number of nitrogens with one attached hydrogen (secondary N) is 2. The fraction of sp³-hybridized carbons (Fsp3) is 0.393. The van der Waals surface area contributed by atoms with Gasteiger partial charge in [0.25, 0.3) is 5.56 Å². The number of para-hydroxylation sites is 2. The molecule has 9 nitrogen and oxygen atoms in total. The molecule has 0 unspecified atom stereocenters. The molecular formula is C28H33FN6O3. The maximum atomic E-state index is 13.6. The van der Waals surface area contributed by atoms with Gasteiger partial charge in [-0.25, -0.2) is 14.2 Å². The third-order valence-corrected chi connectivity index (χ3v) is 6.64. The molecule has 1 aliphatic rings. The molecule has 0 saturated carbocycles. The summed E-state index contributed by atoms with van der Waals surface area (Å²) < 4.78 is 20.3. The fourth-order valence-electron chi connectivity index (χ4n) is 4.66. The number of hydrogen-bond acceptors (Lipinski definition) is 5. The lowest BCUT2D eigenvalue weighted by molar-refractivity contribution is 0.0138. The third-order valence-electron chi connectivity index (χ3n) is 6.64. The van der Waals surface area contributed by atoms with E-state index in [9.17, 15) is 14.0 Å². The van der Waals surface area contributed by atoms with E-state index in [2.05, 4.69) is 20.0 Å². The molecule has 1 fully saturated rings. The molecule has 0 bridgehead atoms. The summed E-state index contributed by atoms with van der Waals surface area (Å²) in [5.74, 6) is 0.147. The summed E-state index contributed by atoms with van der Waals surface area (Å²) in [6.07, 6.45) is 0.801. The first-order valence-electron chi connectivity index (χ1n) is 12.9. The maximum absolute atomic E-state index is 13.6. The molecule has 0 aliphatic carbocycles. The number of imidazole rings is 1. The van der Waals surface area contributed by atoms with Crippen molar-refractivity contribution < 1.29 is 13.9 Å². The molecule has 3 heterocycles. The van der Waals surface area contributed by atoms with Crippen molar-refractivity contribution in [2.24, 2.45) is 0 Å². The van der Waals surface area contributed by atoms with Gasteiger partial charge in [0.2, 0.25) is 5.95 Å². The van der Waals surface area contributed by atoms with Crippen LogP contribution in [-0.2, 0) is 24.1 Å². The SMILES string of the molecule is CC(C)(C)OC(=O)N1CCN(Cc2[nH]n(-c3nc4ccccc4[nH]3)c(=O)c2CCc2ccc(F)cc2)CC1. The van der Waals surface area contributed by atoms with Crippen molar-refractivity contribution in [1.29, 1.82) is 0 Å². The molecule has 0 atom stereocenters. The second kappa shape index (κ2) is 10.4. The molecule has 10 heteroatoms. The van der Waals surface area contributed by atoms with Crippen LogP contribution in [0.5, 0.6) is 0 Å². The number of carbonyl (C=O) groups is 1. The number of fused-ring (bicyclic) bond motifs is 1.